The minimum atomic E-state index is -3.47. The van der Waals surface area contributed by atoms with Crippen LogP contribution in [0, 0.1) is 0 Å². The fourth-order valence-electron chi connectivity index (χ4n) is 0.693. The zero-order valence-corrected chi connectivity index (χ0v) is 9.05. The standard InChI is InChI=1S/C6H6N2O5S2/c1-15(12,13)8-6-7-3(2-14-6)4(9)5(10)11/h2H,1H3,(H,7,8)(H,10,11). The van der Waals surface area contributed by atoms with Crippen molar-refractivity contribution in [2.75, 3.05) is 11.0 Å². The largest absolute Gasteiger partial charge is 0.475 e. The highest BCUT2D eigenvalue weighted by Gasteiger charge is 2.18. The van der Waals surface area contributed by atoms with Crippen LogP contribution in [0.4, 0.5) is 5.13 Å². The average Bonchev–Trinajstić information content (AvgIpc) is 2.48. The molecule has 0 radical (unpaired) electrons. The average molecular weight is 250 g/mol. The number of carboxylic acids is 1. The summed E-state index contributed by atoms with van der Waals surface area (Å²) < 4.78 is 23.6. The Morgan fingerprint density at radius 1 is 1.53 bits per heavy atom. The number of thiazole rings is 1. The van der Waals surface area contributed by atoms with E-state index in [2.05, 4.69) is 4.98 Å². The molecule has 0 saturated heterocycles. The van der Waals surface area contributed by atoms with Crippen molar-refractivity contribution in [2.45, 2.75) is 0 Å². The van der Waals surface area contributed by atoms with Crippen LogP contribution >= 0.6 is 11.3 Å². The zero-order chi connectivity index (χ0) is 11.6. The second-order valence-corrected chi connectivity index (χ2v) is 5.15. The molecule has 0 fully saturated rings. The second kappa shape index (κ2) is 3.95. The fourth-order valence-corrected chi connectivity index (χ4v) is 2.24. The van der Waals surface area contributed by atoms with Crippen molar-refractivity contribution in [2.24, 2.45) is 0 Å². The minimum absolute atomic E-state index is 0.0397. The van der Waals surface area contributed by atoms with Gasteiger partial charge < -0.3 is 5.11 Å². The molecule has 82 valence electrons. The van der Waals surface area contributed by atoms with Gasteiger partial charge in [0.15, 0.2) is 5.13 Å². The maximum absolute atomic E-state index is 10.9. The Morgan fingerprint density at radius 2 is 2.13 bits per heavy atom. The number of anilines is 1. The number of carboxylic acid groups (broad SMARTS) is 1. The molecule has 0 aromatic carbocycles. The van der Waals surface area contributed by atoms with E-state index in [0.29, 0.717) is 0 Å². The molecule has 1 rings (SSSR count). The van der Waals surface area contributed by atoms with Crippen molar-refractivity contribution in [3.63, 3.8) is 0 Å². The highest BCUT2D eigenvalue weighted by Crippen LogP contribution is 2.16. The highest BCUT2D eigenvalue weighted by molar-refractivity contribution is 7.92. The van der Waals surface area contributed by atoms with Crippen LogP contribution < -0.4 is 4.72 Å². The lowest BCUT2D eigenvalue weighted by Crippen LogP contribution is -2.14. The Bertz CT molecular complexity index is 503. The molecule has 0 amide bonds. The summed E-state index contributed by atoms with van der Waals surface area (Å²) in [5.41, 5.74) is -0.293. The lowest BCUT2D eigenvalue weighted by Gasteiger charge is -1.95. The first-order valence-corrected chi connectivity index (χ1v) is 6.27. The topological polar surface area (TPSA) is 113 Å². The van der Waals surface area contributed by atoms with Crippen LogP contribution in [-0.4, -0.2) is 36.5 Å². The number of nitrogens with one attached hydrogen (secondary N) is 1. The van der Waals surface area contributed by atoms with Crippen LogP contribution in [-0.2, 0) is 14.8 Å². The number of hydrogen-bond donors (Lipinski definition) is 2. The first-order chi connectivity index (χ1) is 6.79. The summed E-state index contributed by atoms with van der Waals surface area (Å²) in [6.45, 7) is 0. The number of nitrogens with zero attached hydrogens (tertiary/aromatic N) is 1. The lowest BCUT2D eigenvalue weighted by molar-refractivity contribution is -0.131. The van der Waals surface area contributed by atoms with Crippen molar-refractivity contribution < 1.29 is 23.1 Å². The van der Waals surface area contributed by atoms with Crippen molar-refractivity contribution in [3.8, 4) is 0 Å². The minimum Gasteiger partial charge on any atom is -0.475 e. The van der Waals surface area contributed by atoms with E-state index in [4.69, 9.17) is 5.11 Å². The summed E-state index contributed by atoms with van der Waals surface area (Å²) in [4.78, 5) is 24.7. The molecule has 0 bridgehead atoms. The van der Waals surface area contributed by atoms with Crippen LogP contribution in [0.25, 0.3) is 0 Å². The maximum atomic E-state index is 10.9. The van der Waals surface area contributed by atoms with Crippen molar-refractivity contribution in [3.05, 3.63) is 11.1 Å². The summed E-state index contributed by atoms with van der Waals surface area (Å²) in [6.07, 6.45) is 0.924. The van der Waals surface area contributed by atoms with Gasteiger partial charge in [-0.15, -0.1) is 11.3 Å². The van der Waals surface area contributed by atoms with Gasteiger partial charge in [-0.05, 0) is 0 Å². The van der Waals surface area contributed by atoms with Gasteiger partial charge in [-0.3, -0.25) is 9.52 Å². The van der Waals surface area contributed by atoms with Gasteiger partial charge in [0.25, 0.3) is 5.78 Å². The summed E-state index contributed by atoms with van der Waals surface area (Å²) >= 11 is 0.837. The first-order valence-electron chi connectivity index (χ1n) is 3.50. The van der Waals surface area contributed by atoms with E-state index in [1.165, 1.54) is 5.38 Å². The molecule has 0 spiro atoms. The monoisotopic (exact) mass is 250 g/mol. The van der Waals surface area contributed by atoms with E-state index in [1.54, 1.807) is 0 Å². The fraction of sp³-hybridized carbons (Fsp3) is 0.167. The van der Waals surface area contributed by atoms with Crippen molar-refractivity contribution in [1.82, 2.24) is 4.98 Å². The molecule has 1 heterocycles. The molecular formula is C6H6N2O5S2. The summed E-state index contributed by atoms with van der Waals surface area (Å²) in [5, 5.41) is 9.48. The van der Waals surface area contributed by atoms with Gasteiger partial charge in [0.1, 0.15) is 5.69 Å². The highest BCUT2D eigenvalue weighted by atomic mass is 32.2. The predicted octanol–water partition coefficient (Wildman–Crippen LogP) is -0.218. The number of aromatic nitrogens is 1. The summed E-state index contributed by atoms with van der Waals surface area (Å²) in [5.74, 6) is -2.81. The first kappa shape index (κ1) is 11.6. The lowest BCUT2D eigenvalue weighted by atomic mass is 10.3. The van der Waals surface area contributed by atoms with Crippen molar-refractivity contribution >= 4 is 38.2 Å². The van der Waals surface area contributed by atoms with E-state index in [1.807, 2.05) is 4.72 Å². The molecular weight excluding hydrogens is 244 g/mol. The van der Waals surface area contributed by atoms with Crippen LogP contribution in [0.2, 0.25) is 0 Å². The molecule has 1 aromatic heterocycles. The van der Waals surface area contributed by atoms with Crippen LogP contribution in [0.5, 0.6) is 0 Å². The summed E-state index contributed by atoms with van der Waals surface area (Å²) in [6, 6.07) is 0. The molecule has 9 heteroatoms. The van der Waals surface area contributed by atoms with Gasteiger partial charge in [-0.2, -0.15) is 0 Å². The number of aliphatic carboxylic acids is 1. The normalized spacial score (nSPS) is 11.0. The Kier molecular flexibility index (Phi) is 3.05. The van der Waals surface area contributed by atoms with E-state index < -0.39 is 21.8 Å². The Labute approximate surface area is 88.8 Å². The van der Waals surface area contributed by atoms with Gasteiger partial charge in [0.2, 0.25) is 10.0 Å². The molecule has 0 aliphatic carbocycles. The third-order valence-corrected chi connectivity index (χ3v) is 2.65. The molecule has 0 saturated carbocycles. The van der Waals surface area contributed by atoms with Crippen LogP contribution in [0.15, 0.2) is 5.38 Å². The molecule has 0 aliphatic rings. The third-order valence-electron chi connectivity index (χ3n) is 1.20. The smallest absolute Gasteiger partial charge is 0.378 e. The number of hydrogen-bond acceptors (Lipinski definition) is 6. The molecule has 2 N–H and O–H groups in total. The SMILES string of the molecule is CS(=O)(=O)Nc1nc(C(=O)C(=O)O)cs1. The number of ketones is 1. The Morgan fingerprint density at radius 3 is 2.60 bits per heavy atom. The van der Waals surface area contributed by atoms with E-state index >= 15 is 0 Å². The maximum Gasteiger partial charge on any atom is 0.378 e. The third kappa shape index (κ3) is 3.29. The van der Waals surface area contributed by atoms with Gasteiger partial charge in [-0.25, -0.2) is 18.2 Å². The number of Topliss-reactive ketones (excluding diaryl/α,β-unsaturated/α-hetero) is 1. The second-order valence-electron chi connectivity index (χ2n) is 2.55. The van der Waals surface area contributed by atoms with E-state index in [0.717, 1.165) is 17.6 Å². The number of carbonyl (C=O) groups excluding carboxylic acids is 1. The van der Waals surface area contributed by atoms with Gasteiger partial charge in [0, 0.05) is 5.38 Å². The van der Waals surface area contributed by atoms with Gasteiger partial charge in [-0.1, -0.05) is 0 Å². The molecule has 7 nitrogen and oxygen atoms in total. The number of carbonyl (C=O) groups is 2. The quantitative estimate of drug-likeness (QED) is 0.564. The number of sulfonamides is 1. The van der Waals surface area contributed by atoms with Crippen LogP contribution in [0.1, 0.15) is 10.5 Å². The Balaban J connectivity index is 2.91. The van der Waals surface area contributed by atoms with E-state index in [-0.39, 0.29) is 10.8 Å². The van der Waals surface area contributed by atoms with Crippen molar-refractivity contribution in [1.29, 1.82) is 0 Å². The zero-order valence-electron chi connectivity index (χ0n) is 7.42. The molecule has 15 heavy (non-hydrogen) atoms. The van der Waals surface area contributed by atoms with Gasteiger partial charge in [0.05, 0.1) is 6.26 Å². The molecule has 0 unspecified atom stereocenters. The van der Waals surface area contributed by atoms with Crippen LogP contribution in [0.3, 0.4) is 0 Å². The number of rotatable bonds is 4. The molecule has 1 aromatic rings. The molecule has 0 atom stereocenters. The molecule has 0 aliphatic heterocycles. The predicted molar refractivity (Wildman–Crippen MR) is 52.5 cm³/mol. The summed E-state index contributed by atoms with van der Waals surface area (Å²) in [7, 11) is -3.47. The van der Waals surface area contributed by atoms with E-state index in [9.17, 15) is 18.0 Å². The Hall–Kier alpha value is -1.48. The van der Waals surface area contributed by atoms with Gasteiger partial charge >= 0.3 is 5.97 Å².